The van der Waals surface area contributed by atoms with E-state index >= 15 is 0 Å². The van der Waals surface area contributed by atoms with Crippen LogP contribution in [0.3, 0.4) is 0 Å². The monoisotopic (exact) mass is 416 g/mol. The maximum atomic E-state index is 13.8. The van der Waals surface area contributed by atoms with Gasteiger partial charge in [0.1, 0.15) is 17.0 Å². The molecule has 0 aromatic heterocycles. The number of fused-ring (bicyclic) bond motifs is 4. The molecule has 2 fully saturated rings. The van der Waals surface area contributed by atoms with E-state index in [1.54, 1.807) is 0 Å². The van der Waals surface area contributed by atoms with Gasteiger partial charge in [-0.1, -0.05) is 44.2 Å². The number of carbonyl (C=O) groups is 2. The second kappa shape index (κ2) is 6.94. The highest BCUT2D eigenvalue weighted by Gasteiger charge is 2.60. The quantitative estimate of drug-likeness (QED) is 0.642. The summed E-state index contributed by atoms with van der Waals surface area (Å²) in [6.45, 7) is 10.8. The lowest BCUT2D eigenvalue weighted by Gasteiger charge is -2.56. The Morgan fingerprint density at radius 3 is 2.26 bits per heavy atom. The zero-order valence-corrected chi connectivity index (χ0v) is 19.1. The number of aryl methyl sites for hydroxylation is 1. The summed E-state index contributed by atoms with van der Waals surface area (Å²) in [7, 11) is 0. The van der Waals surface area contributed by atoms with Crippen molar-refractivity contribution in [2.45, 2.75) is 53.0 Å². The normalized spacial score (nSPS) is 24.2. The molecule has 1 aliphatic carbocycles. The van der Waals surface area contributed by atoms with E-state index in [1.807, 2.05) is 19.9 Å². The SMILES string of the molecule is Cc1cccc(N2CCN3c4ccccc4CC4(C(=O)CC(C)(C)CC4=O)[C@H]3C2)c1C. The summed E-state index contributed by atoms with van der Waals surface area (Å²) in [4.78, 5) is 32.3. The maximum absolute atomic E-state index is 13.8. The first kappa shape index (κ1) is 20.3. The van der Waals surface area contributed by atoms with Gasteiger partial charge in [0.2, 0.25) is 0 Å². The minimum Gasteiger partial charge on any atom is -0.367 e. The summed E-state index contributed by atoms with van der Waals surface area (Å²) in [6, 6.07) is 14.7. The number of piperazine rings is 1. The molecular weight excluding hydrogens is 384 g/mol. The Balaban J connectivity index is 1.61. The predicted octanol–water partition coefficient (Wildman–Crippen LogP) is 4.50. The summed E-state index contributed by atoms with van der Waals surface area (Å²) in [5, 5.41) is 0. The van der Waals surface area contributed by atoms with E-state index in [2.05, 4.69) is 60.0 Å². The number of rotatable bonds is 1. The van der Waals surface area contributed by atoms with Crippen molar-refractivity contribution in [3.63, 3.8) is 0 Å². The summed E-state index contributed by atoms with van der Waals surface area (Å²) in [5.74, 6) is 0.280. The number of ketones is 2. The molecule has 0 radical (unpaired) electrons. The first-order valence-corrected chi connectivity index (χ1v) is 11.5. The number of carbonyl (C=O) groups excluding carboxylic acids is 2. The Labute approximate surface area is 185 Å². The number of para-hydroxylation sites is 1. The van der Waals surface area contributed by atoms with Crippen molar-refractivity contribution in [2.24, 2.45) is 10.8 Å². The van der Waals surface area contributed by atoms with Crippen LogP contribution in [0.25, 0.3) is 0 Å². The van der Waals surface area contributed by atoms with E-state index < -0.39 is 5.41 Å². The zero-order chi connectivity index (χ0) is 22.0. The molecule has 1 spiro atoms. The molecule has 0 bridgehead atoms. The molecule has 162 valence electrons. The molecule has 4 nitrogen and oxygen atoms in total. The Bertz CT molecular complexity index is 1050. The zero-order valence-electron chi connectivity index (χ0n) is 19.1. The second-order valence-electron chi connectivity index (χ2n) is 10.5. The van der Waals surface area contributed by atoms with Crippen LogP contribution in [0.4, 0.5) is 11.4 Å². The number of Topliss-reactive ketones (excluding diaryl/α,β-unsaturated/α-hetero) is 2. The molecule has 2 aromatic rings. The number of benzene rings is 2. The van der Waals surface area contributed by atoms with E-state index in [-0.39, 0.29) is 23.0 Å². The Morgan fingerprint density at radius 1 is 0.839 bits per heavy atom. The van der Waals surface area contributed by atoms with Crippen LogP contribution in [0, 0.1) is 24.7 Å². The van der Waals surface area contributed by atoms with Gasteiger partial charge >= 0.3 is 0 Å². The Morgan fingerprint density at radius 2 is 1.52 bits per heavy atom. The lowest BCUT2D eigenvalue weighted by Crippen LogP contribution is -2.69. The van der Waals surface area contributed by atoms with Gasteiger partial charge in [0.15, 0.2) is 0 Å². The van der Waals surface area contributed by atoms with Crippen LogP contribution < -0.4 is 9.80 Å². The molecular formula is C27H32N2O2. The number of anilines is 2. The van der Waals surface area contributed by atoms with Crippen molar-refractivity contribution in [3.05, 3.63) is 59.2 Å². The van der Waals surface area contributed by atoms with Gasteiger partial charge in [-0.15, -0.1) is 0 Å². The lowest BCUT2D eigenvalue weighted by molar-refractivity contribution is -0.150. The molecule has 1 saturated carbocycles. The second-order valence-corrected chi connectivity index (χ2v) is 10.5. The molecule has 3 aliphatic rings. The van der Waals surface area contributed by atoms with E-state index in [4.69, 9.17) is 0 Å². The standard InChI is InChI=1S/C27H32N2O2/c1-18-8-7-11-21(19(18)2)28-12-13-29-22-10-6-5-9-20(22)14-27(23(29)17-28)24(30)15-26(3,4)16-25(27)31/h5-11,23H,12-17H2,1-4H3/t23-/m1/s1. The molecule has 0 unspecified atom stereocenters. The Kier molecular flexibility index (Phi) is 4.55. The predicted molar refractivity (Wildman–Crippen MR) is 125 cm³/mol. The van der Waals surface area contributed by atoms with Crippen LogP contribution in [0.1, 0.15) is 43.4 Å². The minimum absolute atomic E-state index is 0.118. The van der Waals surface area contributed by atoms with E-state index in [0.29, 0.717) is 25.8 Å². The van der Waals surface area contributed by atoms with Gasteiger partial charge in [-0.05, 0) is 54.5 Å². The van der Waals surface area contributed by atoms with Crippen LogP contribution >= 0.6 is 0 Å². The number of hydrogen-bond acceptors (Lipinski definition) is 4. The highest BCUT2D eigenvalue weighted by molar-refractivity contribution is 6.11. The molecule has 0 N–H and O–H groups in total. The summed E-state index contributed by atoms with van der Waals surface area (Å²) in [5.41, 5.74) is 4.94. The van der Waals surface area contributed by atoms with Crippen molar-refractivity contribution >= 4 is 22.9 Å². The largest absolute Gasteiger partial charge is 0.367 e. The fraction of sp³-hybridized carbons (Fsp3) is 0.481. The molecule has 2 aliphatic heterocycles. The topological polar surface area (TPSA) is 40.6 Å². The van der Waals surface area contributed by atoms with Crippen molar-refractivity contribution in [1.29, 1.82) is 0 Å². The van der Waals surface area contributed by atoms with E-state index in [1.165, 1.54) is 22.5 Å². The van der Waals surface area contributed by atoms with Crippen molar-refractivity contribution in [3.8, 4) is 0 Å². The van der Waals surface area contributed by atoms with E-state index in [0.717, 1.165) is 18.7 Å². The third kappa shape index (κ3) is 3.02. The van der Waals surface area contributed by atoms with Gasteiger partial charge in [-0.2, -0.15) is 0 Å². The molecule has 31 heavy (non-hydrogen) atoms. The van der Waals surface area contributed by atoms with Crippen LogP contribution in [-0.4, -0.2) is 37.2 Å². The van der Waals surface area contributed by atoms with Crippen LogP contribution in [0.15, 0.2) is 42.5 Å². The molecule has 2 aromatic carbocycles. The Hall–Kier alpha value is -2.62. The van der Waals surface area contributed by atoms with Crippen LogP contribution in [0.5, 0.6) is 0 Å². The lowest BCUT2D eigenvalue weighted by atomic mass is 9.56. The first-order valence-electron chi connectivity index (χ1n) is 11.5. The fourth-order valence-corrected chi connectivity index (χ4v) is 6.12. The molecule has 2 heterocycles. The number of hydrogen-bond donors (Lipinski definition) is 0. The van der Waals surface area contributed by atoms with Gasteiger partial charge in [0, 0.05) is 43.9 Å². The molecule has 5 rings (SSSR count). The molecule has 0 amide bonds. The molecule has 1 saturated heterocycles. The fourth-order valence-electron chi connectivity index (χ4n) is 6.12. The molecule has 4 heteroatoms. The van der Waals surface area contributed by atoms with Gasteiger partial charge in [0.05, 0.1) is 6.04 Å². The van der Waals surface area contributed by atoms with Crippen LogP contribution in [-0.2, 0) is 16.0 Å². The van der Waals surface area contributed by atoms with Crippen molar-refractivity contribution < 1.29 is 9.59 Å². The third-order valence-corrected chi connectivity index (χ3v) is 7.91. The third-order valence-electron chi connectivity index (χ3n) is 7.91. The highest BCUT2D eigenvalue weighted by atomic mass is 16.2. The average Bonchev–Trinajstić information content (AvgIpc) is 2.73. The van der Waals surface area contributed by atoms with Crippen LogP contribution in [0.2, 0.25) is 0 Å². The maximum Gasteiger partial charge on any atom is 0.149 e. The average molecular weight is 417 g/mol. The minimum atomic E-state index is -0.930. The van der Waals surface area contributed by atoms with Gasteiger partial charge in [-0.25, -0.2) is 0 Å². The summed E-state index contributed by atoms with van der Waals surface area (Å²) >= 11 is 0. The summed E-state index contributed by atoms with van der Waals surface area (Å²) in [6.07, 6.45) is 1.50. The van der Waals surface area contributed by atoms with Gasteiger partial charge < -0.3 is 9.80 Å². The van der Waals surface area contributed by atoms with E-state index in [9.17, 15) is 9.59 Å². The smallest absolute Gasteiger partial charge is 0.149 e. The highest BCUT2D eigenvalue weighted by Crippen LogP contribution is 2.51. The van der Waals surface area contributed by atoms with Gasteiger partial charge in [-0.3, -0.25) is 9.59 Å². The van der Waals surface area contributed by atoms with Gasteiger partial charge in [0.25, 0.3) is 0 Å². The van der Waals surface area contributed by atoms with Crippen molar-refractivity contribution in [1.82, 2.24) is 0 Å². The summed E-state index contributed by atoms with van der Waals surface area (Å²) < 4.78 is 0. The number of nitrogens with zero attached hydrogens (tertiary/aromatic N) is 2. The molecule has 1 atom stereocenters. The first-order chi connectivity index (χ1) is 14.7. The van der Waals surface area contributed by atoms with Crippen molar-refractivity contribution in [2.75, 3.05) is 29.4 Å².